The molecule has 1 aliphatic rings. The molecular weight excluding hydrogens is 352 g/mol. The van der Waals surface area contributed by atoms with Crippen LogP contribution in [0.25, 0.3) is 0 Å². The Labute approximate surface area is 164 Å². The first kappa shape index (κ1) is 18.3. The summed E-state index contributed by atoms with van der Waals surface area (Å²) in [5.74, 6) is 0.699. The number of nitrogens with zero attached hydrogens (tertiary/aromatic N) is 2. The van der Waals surface area contributed by atoms with Crippen LogP contribution < -0.4 is 15.4 Å². The number of benzene rings is 2. The Kier molecular flexibility index (Phi) is 5.68. The Morgan fingerprint density at radius 1 is 1.14 bits per heavy atom. The molecule has 6 nitrogen and oxygen atoms in total. The molecule has 1 aliphatic heterocycles. The molecule has 0 saturated heterocycles. The first-order valence-corrected chi connectivity index (χ1v) is 9.55. The number of hydrogen-bond acceptors (Lipinski definition) is 4. The van der Waals surface area contributed by atoms with E-state index in [4.69, 9.17) is 4.74 Å². The van der Waals surface area contributed by atoms with Gasteiger partial charge in [0.15, 0.2) is 0 Å². The molecule has 0 unspecified atom stereocenters. The lowest BCUT2D eigenvalue weighted by atomic mass is 10.1. The molecule has 144 valence electrons. The summed E-state index contributed by atoms with van der Waals surface area (Å²) in [6.45, 7) is 3.54. The van der Waals surface area contributed by atoms with E-state index in [1.54, 1.807) is 0 Å². The molecule has 1 amide bonds. The summed E-state index contributed by atoms with van der Waals surface area (Å²) >= 11 is 0. The Hall–Kier alpha value is -3.12. The summed E-state index contributed by atoms with van der Waals surface area (Å²) < 4.78 is 7.94. The molecule has 2 heterocycles. The second-order valence-electron chi connectivity index (χ2n) is 6.86. The van der Waals surface area contributed by atoms with Gasteiger partial charge >= 0.3 is 0 Å². The maximum absolute atomic E-state index is 12.4. The van der Waals surface area contributed by atoms with Crippen molar-refractivity contribution in [2.75, 3.05) is 6.54 Å². The van der Waals surface area contributed by atoms with Gasteiger partial charge < -0.3 is 15.4 Å². The summed E-state index contributed by atoms with van der Waals surface area (Å²) in [6.07, 6.45) is 0.278. The summed E-state index contributed by atoms with van der Waals surface area (Å²) in [6, 6.07) is 19.7. The van der Waals surface area contributed by atoms with Crippen LogP contribution in [0.5, 0.6) is 5.75 Å². The van der Waals surface area contributed by atoms with Gasteiger partial charge in [0.2, 0.25) is 5.91 Å². The van der Waals surface area contributed by atoms with E-state index >= 15 is 0 Å². The minimum absolute atomic E-state index is 0.0418. The number of aromatic nitrogens is 2. The Morgan fingerprint density at radius 2 is 1.96 bits per heavy atom. The van der Waals surface area contributed by atoms with Gasteiger partial charge in [-0.05, 0) is 17.7 Å². The summed E-state index contributed by atoms with van der Waals surface area (Å²) in [5, 5.41) is 10.8. The van der Waals surface area contributed by atoms with Crippen LogP contribution >= 0.6 is 0 Å². The molecule has 1 aromatic heterocycles. The van der Waals surface area contributed by atoms with Gasteiger partial charge in [0.1, 0.15) is 12.4 Å². The first-order chi connectivity index (χ1) is 13.8. The van der Waals surface area contributed by atoms with Crippen molar-refractivity contribution in [2.24, 2.45) is 0 Å². The van der Waals surface area contributed by atoms with Crippen molar-refractivity contribution in [3.63, 3.8) is 0 Å². The van der Waals surface area contributed by atoms with Gasteiger partial charge in [0, 0.05) is 18.7 Å². The smallest absolute Gasteiger partial charge is 0.224 e. The minimum Gasteiger partial charge on any atom is -0.489 e. The lowest BCUT2D eigenvalue weighted by molar-refractivity contribution is -0.120. The highest BCUT2D eigenvalue weighted by molar-refractivity contribution is 5.79. The Bertz CT molecular complexity index is 913. The maximum Gasteiger partial charge on any atom is 0.224 e. The standard InChI is InChI=1S/C22H24N4O2/c27-22(24-14-19-13-20-15-23-10-11-26(20)25-19)12-18-8-4-5-9-21(18)28-16-17-6-2-1-3-7-17/h1-9,13,23H,10-12,14-16H2,(H,24,27). The van der Waals surface area contributed by atoms with Crippen molar-refractivity contribution >= 4 is 5.91 Å². The van der Waals surface area contributed by atoms with E-state index in [2.05, 4.69) is 15.7 Å². The zero-order valence-corrected chi connectivity index (χ0v) is 15.7. The molecule has 28 heavy (non-hydrogen) atoms. The van der Waals surface area contributed by atoms with Crippen LogP contribution in [-0.2, 0) is 37.5 Å². The molecule has 2 N–H and O–H groups in total. The Balaban J connectivity index is 1.33. The highest BCUT2D eigenvalue weighted by Gasteiger charge is 2.13. The average molecular weight is 376 g/mol. The van der Waals surface area contributed by atoms with E-state index in [-0.39, 0.29) is 12.3 Å². The van der Waals surface area contributed by atoms with Crippen molar-refractivity contribution in [2.45, 2.75) is 32.7 Å². The normalized spacial score (nSPS) is 13.0. The van der Waals surface area contributed by atoms with E-state index < -0.39 is 0 Å². The van der Waals surface area contributed by atoms with Crippen LogP contribution in [0.1, 0.15) is 22.5 Å². The average Bonchev–Trinajstić information content (AvgIpc) is 3.15. The van der Waals surface area contributed by atoms with Crippen molar-refractivity contribution in [3.8, 4) is 5.75 Å². The highest BCUT2D eigenvalue weighted by atomic mass is 16.5. The van der Waals surface area contributed by atoms with Crippen molar-refractivity contribution in [1.82, 2.24) is 20.4 Å². The third-order valence-electron chi connectivity index (χ3n) is 4.75. The zero-order valence-electron chi connectivity index (χ0n) is 15.7. The largest absolute Gasteiger partial charge is 0.489 e. The van der Waals surface area contributed by atoms with Crippen molar-refractivity contribution < 1.29 is 9.53 Å². The van der Waals surface area contributed by atoms with Crippen LogP contribution in [0.15, 0.2) is 60.7 Å². The molecule has 0 spiro atoms. The second-order valence-corrected chi connectivity index (χ2v) is 6.86. The van der Waals surface area contributed by atoms with Gasteiger partial charge in [-0.15, -0.1) is 0 Å². The van der Waals surface area contributed by atoms with Gasteiger partial charge in [-0.3, -0.25) is 9.48 Å². The molecule has 0 radical (unpaired) electrons. The number of hydrogen-bond donors (Lipinski definition) is 2. The predicted molar refractivity (Wildman–Crippen MR) is 107 cm³/mol. The number of carbonyl (C=O) groups excluding carboxylic acids is 1. The predicted octanol–water partition coefficient (Wildman–Crippen LogP) is 2.42. The molecule has 0 bridgehead atoms. The van der Waals surface area contributed by atoms with E-state index in [1.807, 2.05) is 65.3 Å². The van der Waals surface area contributed by atoms with E-state index in [0.717, 1.165) is 47.9 Å². The fourth-order valence-corrected chi connectivity index (χ4v) is 3.29. The van der Waals surface area contributed by atoms with Gasteiger partial charge in [-0.1, -0.05) is 48.5 Å². The van der Waals surface area contributed by atoms with Crippen LogP contribution in [-0.4, -0.2) is 22.2 Å². The quantitative estimate of drug-likeness (QED) is 0.665. The number of nitrogens with one attached hydrogen (secondary N) is 2. The van der Waals surface area contributed by atoms with Crippen LogP contribution in [0.3, 0.4) is 0 Å². The first-order valence-electron chi connectivity index (χ1n) is 9.55. The van der Waals surface area contributed by atoms with Crippen molar-refractivity contribution in [1.29, 1.82) is 0 Å². The van der Waals surface area contributed by atoms with Crippen LogP contribution in [0.4, 0.5) is 0 Å². The number of rotatable bonds is 7. The zero-order chi connectivity index (χ0) is 19.2. The lowest BCUT2D eigenvalue weighted by Crippen LogP contribution is -2.28. The van der Waals surface area contributed by atoms with Gasteiger partial charge in [0.25, 0.3) is 0 Å². The SMILES string of the molecule is O=C(Cc1ccccc1OCc1ccccc1)NCc1cc2n(n1)CCNC2. The fourth-order valence-electron chi connectivity index (χ4n) is 3.29. The molecule has 0 aliphatic carbocycles. The molecule has 0 fully saturated rings. The van der Waals surface area contributed by atoms with Crippen LogP contribution in [0.2, 0.25) is 0 Å². The second kappa shape index (κ2) is 8.71. The third kappa shape index (κ3) is 4.58. The van der Waals surface area contributed by atoms with E-state index in [1.165, 1.54) is 0 Å². The van der Waals surface area contributed by atoms with Crippen molar-refractivity contribution in [3.05, 3.63) is 83.2 Å². The number of fused-ring (bicyclic) bond motifs is 1. The molecule has 4 rings (SSSR count). The monoisotopic (exact) mass is 376 g/mol. The number of amides is 1. The molecule has 0 saturated carbocycles. The summed E-state index contributed by atoms with van der Waals surface area (Å²) in [5.41, 5.74) is 4.03. The third-order valence-corrected chi connectivity index (χ3v) is 4.75. The van der Waals surface area contributed by atoms with Gasteiger partial charge in [-0.25, -0.2) is 0 Å². The molecule has 3 aromatic rings. The number of carbonyl (C=O) groups is 1. The Morgan fingerprint density at radius 3 is 2.82 bits per heavy atom. The molecule has 6 heteroatoms. The highest BCUT2D eigenvalue weighted by Crippen LogP contribution is 2.20. The fraction of sp³-hybridized carbons (Fsp3) is 0.273. The van der Waals surface area contributed by atoms with Gasteiger partial charge in [0.05, 0.1) is 30.9 Å². The van der Waals surface area contributed by atoms with Crippen LogP contribution in [0, 0.1) is 0 Å². The number of ether oxygens (including phenoxy) is 1. The van der Waals surface area contributed by atoms with E-state index in [9.17, 15) is 4.79 Å². The topological polar surface area (TPSA) is 68.2 Å². The number of para-hydroxylation sites is 1. The molecule has 2 aromatic carbocycles. The molecular formula is C22H24N4O2. The molecule has 0 atom stereocenters. The summed E-state index contributed by atoms with van der Waals surface area (Å²) in [7, 11) is 0. The van der Waals surface area contributed by atoms with E-state index in [0.29, 0.717) is 13.2 Å². The minimum atomic E-state index is -0.0418. The summed E-state index contributed by atoms with van der Waals surface area (Å²) in [4.78, 5) is 12.4. The van der Waals surface area contributed by atoms with Gasteiger partial charge in [-0.2, -0.15) is 5.10 Å². The lowest BCUT2D eigenvalue weighted by Gasteiger charge is -2.13. The maximum atomic E-state index is 12.4.